The minimum atomic E-state index is 0.580. The van der Waals surface area contributed by atoms with Gasteiger partial charge in [-0.15, -0.1) is 0 Å². The molecule has 0 aliphatic rings. The molecule has 0 saturated carbocycles. The van der Waals surface area contributed by atoms with E-state index < -0.39 is 0 Å². The Kier molecular flexibility index (Phi) is 6.62. The van der Waals surface area contributed by atoms with Crippen molar-refractivity contribution in [2.75, 3.05) is 19.6 Å². The van der Waals surface area contributed by atoms with Crippen molar-refractivity contribution in [3.8, 4) is 0 Å². The summed E-state index contributed by atoms with van der Waals surface area (Å²) in [5.74, 6) is 0. The van der Waals surface area contributed by atoms with E-state index in [1.54, 1.807) is 4.90 Å². The Morgan fingerprint density at radius 3 is 2.73 bits per heavy atom. The highest BCUT2D eigenvalue weighted by Crippen LogP contribution is 2.21. The number of hydrogen-bond acceptors (Lipinski definition) is 1. The first-order valence-electron chi connectivity index (χ1n) is 8.36. The Morgan fingerprint density at radius 1 is 1.23 bits per heavy atom. The number of nitrogens with two attached hydrogens (primary N) is 1. The number of quaternary nitrogens is 2. The molecule has 0 radical (unpaired) electrons. The van der Waals surface area contributed by atoms with Crippen LogP contribution in [0.1, 0.15) is 33.6 Å². The van der Waals surface area contributed by atoms with Crippen LogP contribution in [-0.2, 0) is 0 Å². The number of rotatable bonds is 8. The highest BCUT2D eigenvalue weighted by molar-refractivity contribution is 6.31. The molecular weight excluding hydrogens is 294 g/mol. The summed E-state index contributed by atoms with van der Waals surface area (Å²) >= 11 is 6.05. The van der Waals surface area contributed by atoms with Gasteiger partial charge in [-0.25, -0.2) is 0 Å². The molecule has 1 aromatic carbocycles. The van der Waals surface area contributed by atoms with Gasteiger partial charge in [0.25, 0.3) is 0 Å². The average Bonchev–Trinajstić information content (AvgIpc) is 2.51. The molecule has 0 saturated heterocycles. The molecule has 1 aromatic heterocycles. The summed E-state index contributed by atoms with van der Waals surface area (Å²) in [5, 5.41) is 4.30. The summed E-state index contributed by atoms with van der Waals surface area (Å²) in [4.78, 5) is 6.10. The molecule has 4 heteroatoms. The van der Waals surface area contributed by atoms with Crippen LogP contribution in [0, 0.1) is 0 Å². The largest absolute Gasteiger partial charge is 0.335 e. The molecule has 0 aliphatic heterocycles. The second-order valence-corrected chi connectivity index (χ2v) is 6.49. The van der Waals surface area contributed by atoms with Crippen LogP contribution in [0.15, 0.2) is 30.5 Å². The Labute approximate surface area is 138 Å². The standard InChI is InChI=1S/C18H26ClN3/c1-4-22(5-2)12-6-7-14(3)21-17-10-11-20-18-13-15(19)8-9-16(17)18/h8-11,13-14H,4-7,12H2,1-3H3,(H,20,21)/p+2. The molecule has 1 atom stereocenters. The van der Waals surface area contributed by atoms with Gasteiger partial charge in [0, 0.05) is 30.1 Å². The van der Waals surface area contributed by atoms with E-state index in [1.165, 1.54) is 43.5 Å². The Balaban J connectivity index is 1.95. The lowest BCUT2D eigenvalue weighted by atomic mass is 10.1. The first kappa shape index (κ1) is 17.2. The zero-order valence-electron chi connectivity index (χ0n) is 13.9. The summed E-state index contributed by atoms with van der Waals surface area (Å²) in [5.41, 5.74) is 2.24. The van der Waals surface area contributed by atoms with Crippen molar-refractivity contribution in [3.63, 3.8) is 0 Å². The normalized spacial score (nSPS) is 13.0. The lowest BCUT2D eigenvalue weighted by Crippen LogP contribution is -3.11. The summed E-state index contributed by atoms with van der Waals surface area (Å²) in [6.45, 7) is 10.6. The minimum Gasteiger partial charge on any atom is -0.335 e. The van der Waals surface area contributed by atoms with Gasteiger partial charge in [-0.05, 0) is 39.0 Å². The van der Waals surface area contributed by atoms with E-state index in [1.807, 2.05) is 18.3 Å². The Morgan fingerprint density at radius 2 is 2.00 bits per heavy atom. The van der Waals surface area contributed by atoms with Gasteiger partial charge < -0.3 is 10.2 Å². The second kappa shape index (κ2) is 8.47. The number of benzene rings is 1. The SMILES string of the molecule is CC[NH+](CC)CCCC(C)[NH2+]c1ccnc2cc(Cl)ccc12. The predicted octanol–water partition coefficient (Wildman–Crippen LogP) is 2.18. The van der Waals surface area contributed by atoms with E-state index in [0.29, 0.717) is 6.04 Å². The Hall–Kier alpha value is -1.16. The van der Waals surface area contributed by atoms with Crippen LogP contribution < -0.4 is 10.2 Å². The topological polar surface area (TPSA) is 33.9 Å². The molecule has 1 heterocycles. The van der Waals surface area contributed by atoms with Gasteiger partial charge in [0.2, 0.25) is 0 Å². The predicted molar refractivity (Wildman–Crippen MR) is 93.9 cm³/mol. The molecule has 0 amide bonds. The maximum atomic E-state index is 6.05. The molecule has 1 unspecified atom stereocenters. The van der Waals surface area contributed by atoms with E-state index in [0.717, 1.165) is 10.5 Å². The third-order valence-corrected chi connectivity index (χ3v) is 4.63. The summed E-state index contributed by atoms with van der Waals surface area (Å²) in [6.07, 6.45) is 4.39. The van der Waals surface area contributed by atoms with Gasteiger partial charge in [0.05, 0.1) is 36.6 Å². The molecule has 2 rings (SSSR count). The number of nitrogens with zero attached hydrogens (tertiary/aromatic N) is 1. The molecule has 3 N–H and O–H groups in total. The summed E-state index contributed by atoms with van der Waals surface area (Å²) < 4.78 is 0. The fraction of sp³-hybridized carbons (Fsp3) is 0.500. The lowest BCUT2D eigenvalue weighted by molar-refractivity contribution is -0.896. The second-order valence-electron chi connectivity index (χ2n) is 6.05. The van der Waals surface area contributed by atoms with Gasteiger partial charge in [-0.2, -0.15) is 0 Å². The fourth-order valence-electron chi connectivity index (χ4n) is 2.96. The Bertz CT molecular complexity index is 596. The van der Waals surface area contributed by atoms with Crippen LogP contribution in [0.4, 0.5) is 5.69 Å². The maximum absolute atomic E-state index is 6.05. The molecule has 3 nitrogen and oxygen atoms in total. The highest BCUT2D eigenvalue weighted by atomic mass is 35.5. The monoisotopic (exact) mass is 321 g/mol. The van der Waals surface area contributed by atoms with Crippen molar-refractivity contribution in [2.24, 2.45) is 0 Å². The zero-order chi connectivity index (χ0) is 15.9. The van der Waals surface area contributed by atoms with E-state index in [4.69, 9.17) is 11.6 Å². The van der Waals surface area contributed by atoms with Gasteiger partial charge >= 0.3 is 0 Å². The van der Waals surface area contributed by atoms with E-state index in [-0.39, 0.29) is 0 Å². The van der Waals surface area contributed by atoms with Gasteiger partial charge in [0.15, 0.2) is 0 Å². The summed E-state index contributed by atoms with van der Waals surface area (Å²) in [6, 6.07) is 8.63. The third kappa shape index (κ3) is 4.67. The van der Waals surface area contributed by atoms with Gasteiger partial charge in [-0.3, -0.25) is 4.98 Å². The minimum absolute atomic E-state index is 0.580. The smallest absolute Gasteiger partial charge is 0.140 e. The van der Waals surface area contributed by atoms with Crippen LogP contribution >= 0.6 is 11.6 Å². The number of halogens is 1. The first-order valence-corrected chi connectivity index (χ1v) is 8.74. The molecule has 0 bridgehead atoms. The van der Waals surface area contributed by atoms with E-state index >= 15 is 0 Å². The molecule has 0 fully saturated rings. The number of pyridine rings is 1. The van der Waals surface area contributed by atoms with Crippen LogP contribution in [0.3, 0.4) is 0 Å². The quantitative estimate of drug-likeness (QED) is 0.768. The molecule has 2 aromatic rings. The average molecular weight is 322 g/mol. The molecular formula is C18H28ClN3+2. The molecule has 120 valence electrons. The van der Waals surface area contributed by atoms with Crippen LogP contribution in [0.2, 0.25) is 5.02 Å². The molecule has 22 heavy (non-hydrogen) atoms. The number of aromatic nitrogens is 1. The zero-order valence-corrected chi connectivity index (χ0v) is 14.7. The van der Waals surface area contributed by atoms with E-state index in [9.17, 15) is 0 Å². The maximum Gasteiger partial charge on any atom is 0.140 e. The van der Waals surface area contributed by atoms with Gasteiger partial charge in [0.1, 0.15) is 5.69 Å². The van der Waals surface area contributed by atoms with Crippen molar-refractivity contribution in [2.45, 2.75) is 39.7 Å². The van der Waals surface area contributed by atoms with Crippen molar-refractivity contribution in [3.05, 3.63) is 35.5 Å². The van der Waals surface area contributed by atoms with E-state index in [2.05, 4.69) is 43.2 Å². The van der Waals surface area contributed by atoms with Crippen LogP contribution in [-0.4, -0.2) is 30.7 Å². The van der Waals surface area contributed by atoms with Crippen molar-refractivity contribution in [1.29, 1.82) is 0 Å². The van der Waals surface area contributed by atoms with Crippen LogP contribution in [0.5, 0.6) is 0 Å². The van der Waals surface area contributed by atoms with Crippen molar-refractivity contribution >= 4 is 28.2 Å². The highest BCUT2D eigenvalue weighted by Gasteiger charge is 2.12. The lowest BCUT2D eigenvalue weighted by Gasteiger charge is -2.16. The number of hydrogen-bond donors (Lipinski definition) is 2. The van der Waals surface area contributed by atoms with Gasteiger partial charge in [-0.1, -0.05) is 11.6 Å². The number of nitrogens with one attached hydrogen (secondary N) is 1. The molecule has 0 spiro atoms. The van der Waals surface area contributed by atoms with Crippen molar-refractivity contribution < 1.29 is 10.2 Å². The van der Waals surface area contributed by atoms with Crippen molar-refractivity contribution in [1.82, 2.24) is 4.98 Å². The number of fused-ring (bicyclic) bond motifs is 1. The molecule has 0 aliphatic carbocycles. The fourth-order valence-corrected chi connectivity index (χ4v) is 3.12. The summed E-state index contributed by atoms with van der Waals surface area (Å²) in [7, 11) is 0. The third-order valence-electron chi connectivity index (χ3n) is 4.39. The first-order chi connectivity index (χ1) is 10.6. The van der Waals surface area contributed by atoms with Crippen LogP contribution in [0.25, 0.3) is 10.9 Å².